The fourth-order valence-corrected chi connectivity index (χ4v) is 2.01. The molecular formula is C9H15N. The van der Waals surface area contributed by atoms with Crippen molar-refractivity contribution in [1.29, 1.82) is 0 Å². The normalized spacial score (nSPS) is 33.3. The molecule has 1 nitrogen and oxygen atoms in total. The van der Waals surface area contributed by atoms with Crippen LogP contribution in [0.5, 0.6) is 0 Å². The molecule has 0 aromatic carbocycles. The quantitative estimate of drug-likeness (QED) is 0.573. The van der Waals surface area contributed by atoms with Gasteiger partial charge in [0.05, 0.1) is 0 Å². The lowest BCUT2D eigenvalue weighted by molar-refractivity contribution is 0.242. The van der Waals surface area contributed by atoms with Gasteiger partial charge in [-0.1, -0.05) is 0 Å². The van der Waals surface area contributed by atoms with E-state index in [9.17, 15) is 0 Å². The average molecular weight is 137 g/mol. The van der Waals surface area contributed by atoms with E-state index in [-0.39, 0.29) is 0 Å². The predicted octanol–water partition coefficient (Wildman–Crippen LogP) is 1.78. The Morgan fingerprint density at radius 3 is 1.10 bits per heavy atom. The zero-order chi connectivity index (χ0) is 6.55. The SMILES string of the molecule is C1CC1N(C1CC1)C1CC1. The summed E-state index contributed by atoms with van der Waals surface area (Å²) < 4.78 is 0. The zero-order valence-corrected chi connectivity index (χ0v) is 6.42. The van der Waals surface area contributed by atoms with E-state index in [2.05, 4.69) is 4.90 Å². The molecule has 3 rings (SSSR count). The van der Waals surface area contributed by atoms with Gasteiger partial charge in [-0.3, -0.25) is 4.90 Å². The second-order valence-electron chi connectivity index (χ2n) is 4.14. The molecule has 0 aromatic heterocycles. The predicted molar refractivity (Wildman–Crippen MR) is 40.9 cm³/mol. The highest BCUT2D eigenvalue weighted by atomic mass is 15.3. The lowest BCUT2D eigenvalue weighted by Gasteiger charge is -2.20. The molecule has 10 heavy (non-hydrogen) atoms. The summed E-state index contributed by atoms with van der Waals surface area (Å²) in [4.78, 5) is 2.83. The van der Waals surface area contributed by atoms with Crippen LogP contribution in [0.15, 0.2) is 0 Å². The topological polar surface area (TPSA) is 3.24 Å². The fraction of sp³-hybridized carbons (Fsp3) is 1.00. The lowest BCUT2D eigenvalue weighted by Crippen LogP contribution is -2.30. The summed E-state index contributed by atoms with van der Waals surface area (Å²) in [6.45, 7) is 0. The maximum atomic E-state index is 2.83. The van der Waals surface area contributed by atoms with E-state index in [1.165, 1.54) is 38.5 Å². The van der Waals surface area contributed by atoms with Crippen molar-refractivity contribution in [2.45, 2.75) is 56.7 Å². The first-order chi connectivity index (χ1) is 4.95. The molecule has 1 heteroatoms. The molecule has 56 valence electrons. The number of hydrogen-bond acceptors (Lipinski definition) is 1. The molecule has 0 aliphatic heterocycles. The minimum absolute atomic E-state index is 1.04. The molecule has 0 atom stereocenters. The van der Waals surface area contributed by atoms with Crippen LogP contribution in [0.1, 0.15) is 38.5 Å². The van der Waals surface area contributed by atoms with Gasteiger partial charge in [-0.05, 0) is 38.5 Å². The van der Waals surface area contributed by atoms with E-state index >= 15 is 0 Å². The Morgan fingerprint density at radius 2 is 0.900 bits per heavy atom. The molecule has 3 aliphatic carbocycles. The van der Waals surface area contributed by atoms with Crippen molar-refractivity contribution in [1.82, 2.24) is 4.90 Å². The Hall–Kier alpha value is -0.0400. The molecule has 0 radical (unpaired) electrons. The number of rotatable bonds is 3. The Balaban J connectivity index is 1.69. The second-order valence-corrected chi connectivity index (χ2v) is 4.14. The molecule has 3 saturated carbocycles. The molecule has 0 N–H and O–H groups in total. The van der Waals surface area contributed by atoms with Crippen molar-refractivity contribution in [3.63, 3.8) is 0 Å². The van der Waals surface area contributed by atoms with Gasteiger partial charge in [0.15, 0.2) is 0 Å². The van der Waals surface area contributed by atoms with Gasteiger partial charge >= 0.3 is 0 Å². The minimum Gasteiger partial charge on any atom is -0.294 e. The number of hydrogen-bond donors (Lipinski definition) is 0. The Morgan fingerprint density at radius 1 is 0.600 bits per heavy atom. The van der Waals surface area contributed by atoms with Crippen LogP contribution >= 0.6 is 0 Å². The van der Waals surface area contributed by atoms with Crippen molar-refractivity contribution in [2.24, 2.45) is 0 Å². The van der Waals surface area contributed by atoms with E-state index in [1.54, 1.807) is 0 Å². The lowest BCUT2D eigenvalue weighted by atomic mass is 10.4. The first-order valence-electron chi connectivity index (χ1n) is 4.72. The van der Waals surface area contributed by atoms with Crippen LogP contribution in [0.2, 0.25) is 0 Å². The fourth-order valence-electron chi connectivity index (χ4n) is 2.01. The maximum absolute atomic E-state index is 2.83. The summed E-state index contributed by atoms with van der Waals surface area (Å²) in [5, 5.41) is 0. The van der Waals surface area contributed by atoms with Crippen LogP contribution in [-0.4, -0.2) is 23.0 Å². The highest BCUT2D eigenvalue weighted by Gasteiger charge is 2.46. The minimum atomic E-state index is 1.04. The highest BCUT2D eigenvalue weighted by Crippen LogP contribution is 2.44. The molecule has 3 fully saturated rings. The van der Waals surface area contributed by atoms with Crippen LogP contribution in [0.3, 0.4) is 0 Å². The van der Waals surface area contributed by atoms with Crippen molar-refractivity contribution in [3.05, 3.63) is 0 Å². The average Bonchev–Trinajstić information content (AvgIpc) is 2.78. The third-order valence-electron chi connectivity index (χ3n) is 2.91. The molecule has 0 aromatic rings. The van der Waals surface area contributed by atoms with Gasteiger partial charge in [0, 0.05) is 18.1 Å². The summed E-state index contributed by atoms with van der Waals surface area (Å²) in [6, 6.07) is 3.12. The highest BCUT2D eigenvalue weighted by molar-refractivity contribution is 5.01. The summed E-state index contributed by atoms with van der Waals surface area (Å²) in [5.41, 5.74) is 0. The van der Waals surface area contributed by atoms with E-state index in [1.807, 2.05) is 0 Å². The van der Waals surface area contributed by atoms with E-state index in [4.69, 9.17) is 0 Å². The van der Waals surface area contributed by atoms with Crippen LogP contribution in [0.25, 0.3) is 0 Å². The van der Waals surface area contributed by atoms with E-state index in [0.29, 0.717) is 0 Å². The monoisotopic (exact) mass is 137 g/mol. The summed E-state index contributed by atoms with van der Waals surface area (Å²) in [7, 11) is 0. The van der Waals surface area contributed by atoms with Gasteiger partial charge in [0.2, 0.25) is 0 Å². The molecule has 0 spiro atoms. The third kappa shape index (κ3) is 0.878. The largest absolute Gasteiger partial charge is 0.294 e. The van der Waals surface area contributed by atoms with E-state index in [0.717, 1.165) is 18.1 Å². The van der Waals surface area contributed by atoms with Crippen molar-refractivity contribution >= 4 is 0 Å². The van der Waals surface area contributed by atoms with Gasteiger partial charge in [-0.25, -0.2) is 0 Å². The summed E-state index contributed by atoms with van der Waals surface area (Å²) in [6.07, 6.45) is 9.04. The first kappa shape index (κ1) is 5.59. The van der Waals surface area contributed by atoms with Crippen molar-refractivity contribution in [3.8, 4) is 0 Å². The zero-order valence-electron chi connectivity index (χ0n) is 6.42. The third-order valence-corrected chi connectivity index (χ3v) is 2.91. The second kappa shape index (κ2) is 1.76. The molecule has 0 saturated heterocycles. The van der Waals surface area contributed by atoms with Gasteiger partial charge in [-0.15, -0.1) is 0 Å². The van der Waals surface area contributed by atoms with Crippen LogP contribution < -0.4 is 0 Å². The van der Waals surface area contributed by atoms with Gasteiger partial charge < -0.3 is 0 Å². The first-order valence-corrected chi connectivity index (χ1v) is 4.72. The van der Waals surface area contributed by atoms with Crippen LogP contribution in [0, 0.1) is 0 Å². The maximum Gasteiger partial charge on any atom is 0.0102 e. The molecule has 0 amide bonds. The molecule has 3 aliphatic rings. The Bertz CT molecular complexity index is 114. The standard InChI is InChI=1S/C9H15N/c1-2-7(1)10(8-3-4-8)9-5-6-9/h7-9H,1-6H2. The van der Waals surface area contributed by atoms with Crippen LogP contribution in [0.4, 0.5) is 0 Å². The summed E-state index contributed by atoms with van der Waals surface area (Å²) in [5.74, 6) is 0. The van der Waals surface area contributed by atoms with E-state index < -0.39 is 0 Å². The molecule has 0 bridgehead atoms. The van der Waals surface area contributed by atoms with Crippen molar-refractivity contribution in [2.75, 3.05) is 0 Å². The molecular weight excluding hydrogens is 122 g/mol. The molecule has 0 heterocycles. The smallest absolute Gasteiger partial charge is 0.0102 e. The van der Waals surface area contributed by atoms with Gasteiger partial charge in [0.25, 0.3) is 0 Å². The summed E-state index contributed by atoms with van der Waals surface area (Å²) >= 11 is 0. The van der Waals surface area contributed by atoms with Crippen LogP contribution in [-0.2, 0) is 0 Å². The van der Waals surface area contributed by atoms with Gasteiger partial charge in [0.1, 0.15) is 0 Å². The molecule has 0 unspecified atom stereocenters. The number of nitrogens with zero attached hydrogens (tertiary/aromatic N) is 1. The Kier molecular flexibility index (Phi) is 0.984. The Labute approximate surface area is 62.4 Å². The van der Waals surface area contributed by atoms with Crippen molar-refractivity contribution < 1.29 is 0 Å². The van der Waals surface area contributed by atoms with Gasteiger partial charge in [-0.2, -0.15) is 0 Å².